The smallest absolute Gasteiger partial charge is 0.259 e. The van der Waals surface area contributed by atoms with Crippen molar-refractivity contribution in [1.82, 2.24) is 0 Å². The number of amides is 1. The first-order valence-electron chi connectivity index (χ1n) is 6.35. The summed E-state index contributed by atoms with van der Waals surface area (Å²) >= 11 is 0. The fourth-order valence-corrected chi connectivity index (χ4v) is 2.16. The van der Waals surface area contributed by atoms with Crippen LogP contribution in [0.5, 0.6) is 0 Å². The summed E-state index contributed by atoms with van der Waals surface area (Å²) in [6.45, 7) is 0.378. The Hall–Kier alpha value is -2.59. The van der Waals surface area contributed by atoms with Crippen LogP contribution in [0.25, 0.3) is 11.0 Å². The van der Waals surface area contributed by atoms with E-state index in [1.807, 2.05) is 48.5 Å². The summed E-state index contributed by atoms with van der Waals surface area (Å²) < 4.78 is 5.38. The van der Waals surface area contributed by atoms with Crippen molar-refractivity contribution in [3.63, 3.8) is 0 Å². The molecule has 1 heterocycles. The van der Waals surface area contributed by atoms with Gasteiger partial charge in [0.05, 0.1) is 5.56 Å². The van der Waals surface area contributed by atoms with Gasteiger partial charge in [0.2, 0.25) is 0 Å². The molecule has 0 aliphatic heterocycles. The number of hydrogen-bond acceptors (Lipinski definition) is 3. The highest BCUT2D eigenvalue weighted by atomic mass is 16.3. The van der Waals surface area contributed by atoms with Crippen molar-refractivity contribution in [2.24, 2.45) is 5.73 Å². The third kappa shape index (κ3) is 2.17. The van der Waals surface area contributed by atoms with E-state index >= 15 is 0 Å². The number of hydrogen-bond donors (Lipinski definition) is 2. The van der Waals surface area contributed by atoms with Crippen LogP contribution in [0, 0.1) is 0 Å². The van der Waals surface area contributed by atoms with Crippen molar-refractivity contribution in [2.45, 2.75) is 6.54 Å². The van der Waals surface area contributed by atoms with E-state index < -0.39 is 0 Å². The molecule has 0 radical (unpaired) electrons. The lowest BCUT2D eigenvalue weighted by Gasteiger charge is -2.08. The summed E-state index contributed by atoms with van der Waals surface area (Å²) in [4.78, 5) is 12.3. The van der Waals surface area contributed by atoms with E-state index in [1.54, 1.807) is 0 Å². The summed E-state index contributed by atoms with van der Waals surface area (Å²) in [5.41, 5.74) is 8.51. The number of carbonyl (C=O) groups excluding carboxylic acids is 1. The number of carbonyl (C=O) groups is 1. The van der Waals surface area contributed by atoms with Gasteiger partial charge >= 0.3 is 0 Å². The van der Waals surface area contributed by atoms with Gasteiger partial charge in [-0.05, 0) is 17.7 Å². The fourth-order valence-electron chi connectivity index (χ4n) is 2.16. The minimum atomic E-state index is -0.198. The van der Waals surface area contributed by atoms with Crippen molar-refractivity contribution < 1.29 is 9.21 Å². The SMILES string of the molecule is NCc1ccccc1NC(=O)c1coc2ccccc12. The average molecular weight is 266 g/mol. The maximum Gasteiger partial charge on any atom is 0.259 e. The zero-order valence-corrected chi connectivity index (χ0v) is 10.8. The molecule has 100 valence electrons. The number of para-hydroxylation sites is 2. The number of furan rings is 1. The maximum atomic E-state index is 12.3. The minimum absolute atomic E-state index is 0.198. The van der Waals surface area contributed by atoms with Gasteiger partial charge in [0.25, 0.3) is 5.91 Å². The lowest BCUT2D eigenvalue weighted by atomic mass is 10.1. The standard InChI is InChI=1S/C16H14N2O2/c17-9-11-5-1-3-7-14(11)18-16(19)13-10-20-15-8-4-2-6-12(13)15/h1-8,10H,9,17H2,(H,18,19). The summed E-state index contributed by atoms with van der Waals surface area (Å²) in [5.74, 6) is -0.198. The molecule has 20 heavy (non-hydrogen) atoms. The summed E-state index contributed by atoms with van der Waals surface area (Å²) in [7, 11) is 0. The van der Waals surface area contributed by atoms with Crippen LogP contribution in [0.4, 0.5) is 5.69 Å². The van der Waals surface area contributed by atoms with Crippen LogP contribution >= 0.6 is 0 Å². The van der Waals surface area contributed by atoms with Crippen molar-refractivity contribution in [2.75, 3.05) is 5.32 Å². The average Bonchev–Trinajstić information content (AvgIpc) is 2.92. The molecule has 0 saturated heterocycles. The minimum Gasteiger partial charge on any atom is -0.463 e. The van der Waals surface area contributed by atoms with Crippen LogP contribution in [0.1, 0.15) is 15.9 Å². The number of nitrogens with one attached hydrogen (secondary N) is 1. The van der Waals surface area contributed by atoms with Crippen LogP contribution in [-0.2, 0) is 6.54 Å². The van der Waals surface area contributed by atoms with Gasteiger partial charge in [0.15, 0.2) is 0 Å². The molecule has 0 spiro atoms. The van der Waals surface area contributed by atoms with Crippen LogP contribution in [-0.4, -0.2) is 5.91 Å². The quantitative estimate of drug-likeness (QED) is 0.765. The summed E-state index contributed by atoms with van der Waals surface area (Å²) in [5, 5.41) is 3.68. The molecule has 3 rings (SSSR count). The molecule has 4 heteroatoms. The molecule has 1 aromatic heterocycles. The van der Waals surface area contributed by atoms with Gasteiger partial charge in [-0.2, -0.15) is 0 Å². The molecule has 0 bridgehead atoms. The maximum absolute atomic E-state index is 12.3. The number of benzene rings is 2. The molecular formula is C16H14N2O2. The van der Waals surface area contributed by atoms with Gasteiger partial charge in [-0.3, -0.25) is 4.79 Å². The van der Waals surface area contributed by atoms with E-state index in [0.717, 1.165) is 16.6 Å². The van der Waals surface area contributed by atoms with Crippen molar-refractivity contribution in [1.29, 1.82) is 0 Å². The summed E-state index contributed by atoms with van der Waals surface area (Å²) in [6, 6.07) is 14.9. The second kappa shape index (κ2) is 5.19. The number of fused-ring (bicyclic) bond motifs is 1. The van der Waals surface area contributed by atoms with E-state index in [2.05, 4.69) is 5.32 Å². The van der Waals surface area contributed by atoms with Crippen LogP contribution in [0.15, 0.2) is 59.2 Å². The predicted octanol–water partition coefficient (Wildman–Crippen LogP) is 3.14. The third-order valence-electron chi connectivity index (χ3n) is 3.21. The van der Waals surface area contributed by atoms with Gasteiger partial charge in [0, 0.05) is 17.6 Å². The molecule has 4 nitrogen and oxygen atoms in total. The highest BCUT2D eigenvalue weighted by molar-refractivity contribution is 6.12. The Labute approximate surface area is 116 Å². The topological polar surface area (TPSA) is 68.3 Å². The first kappa shape index (κ1) is 12.4. The molecule has 0 unspecified atom stereocenters. The Balaban J connectivity index is 1.93. The second-order valence-corrected chi connectivity index (χ2v) is 4.46. The second-order valence-electron chi connectivity index (χ2n) is 4.46. The molecule has 1 amide bonds. The van der Waals surface area contributed by atoms with E-state index in [9.17, 15) is 4.79 Å². The van der Waals surface area contributed by atoms with Gasteiger partial charge in [-0.25, -0.2) is 0 Å². The molecule has 2 aromatic carbocycles. The van der Waals surface area contributed by atoms with Crippen molar-refractivity contribution in [3.05, 3.63) is 65.9 Å². The largest absolute Gasteiger partial charge is 0.463 e. The van der Waals surface area contributed by atoms with Crippen LogP contribution < -0.4 is 11.1 Å². The Bertz CT molecular complexity index is 762. The highest BCUT2D eigenvalue weighted by Crippen LogP contribution is 2.22. The molecule has 0 atom stereocenters. The van der Waals surface area contributed by atoms with E-state index in [0.29, 0.717) is 17.7 Å². The normalized spacial score (nSPS) is 10.7. The first-order chi connectivity index (χ1) is 9.79. The molecule has 0 fully saturated rings. The van der Waals surface area contributed by atoms with E-state index in [4.69, 9.17) is 10.2 Å². The first-order valence-corrected chi connectivity index (χ1v) is 6.35. The molecular weight excluding hydrogens is 252 g/mol. The lowest BCUT2D eigenvalue weighted by Crippen LogP contribution is -2.13. The molecule has 0 aliphatic rings. The Morgan fingerprint density at radius 1 is 1.10 bits per heavy atom. The van der Waals surface area contributed by atoms with Crippen molar-refractivity contribution >= 4 is 22.6 Å². The zero-order valence-electron chi connectivity index (χ0n) is 10.8. The Morgan fingerprint density at radius 3 is 2.70 bits per heavy atom. The van der Waals surface area contributed by atoms with Gasteiger partial charge in [0.1, 0.15) is 11.8 Å². The van der Waals surface area contributed by atoms with Gasteiger partial charge in [-0.1, -0.05) is 36.4 Å². The van der Waals surface area contributed by atoms with Crippen LogP contribution in [0.3, 0.4) is 0 Å². The Kier molecular flexibility index (Phi) is 3.23. The molecule has 3 N–H and O–H groups in total. The number of anilines is 1. The summed E-state index contributed by atoms with van der Waals surface area (Å²) in [6.07, 6.45) is 1.48. The number of nitrogens with two attached hydrogens (primary N) is 1. The highest BCUT2D eigenvalue weighted by Gasteiger charge is 2.14. The van der Waals surface area contributed by atoms with E-state index in [-0.39, 0.29) is 5.91 Å². The molecule has 0 aliphatic carbocycles. The van der Waals surface area contributed by atoms with Crippen LogP contribution in [0.2, 0.25) is 0 Å². The fraction of sp³-hybridized carbons (Fsp3) is 0.0625. The lowest BCUT2D eigenvalue weighted by molar-refractivity contribution is 0.102. The Morgan fingerprint density at radius 2 is 1.85 bits per heavy atom. The van der Waals surface area contributed by atoms with E-state index in [1.165, 1.54) is 6.26 Å². The predicted molar refractivity (Wildman–Crippen MR) is 78.5 cm³/mol. The van der Waals surface area contributed by atoms with Gasteiger partial charge < -0.3 is 15.5 Å². The molecule has 3 aromatic rings. The van der Waals surface area contributed by atoms with Crippen molar-refractivity contribution in [3.8, 4) is 0 Å². The third-order valence-corrected chi connectivity index (χ3v) is 3.21. The van der Waals surface area contributed by atoms with Gasteiger partial charge in [-0.15, -0.1) is 0 Å². The zero-order chi connectivity index (χ0) is 13.9. The number of rotatable bonds is 3. The monoisotopic (exact) mass is 266 g/mol. The molecule has 0 saturated carbocycles.